The van der Waals surface area contributed by atoms with Crippen molar-refractivity contribution in [2.75, 3.05) is 50.1 Å². The van der Waals surface area contributed by atoms with Crippen molar-refractivity contribution in [1.29, 1.82) is 0 Å². The molecule has 3 aromatic rings. The molecule has 1 saturated heterocycles. The monoisotopic (exact) mass is 411 g/mol. The van der Waals surface area contributed by atoms with E-state index >= 15 is 0 Å². The second-order valence-corrected chi connectivity index (χ2v) is 8.09. The second-order valence-electron chi connectivity index (χ2n) is 7.08. The molecule has 1 fully saturated rings. The number of rotatable bonds is 4. The van der Waals surface area contributed by atoms with Gasteiger partial charge in [-0.15, -0.1) is 0 Å². The highest BCUT2D eigenvalue weighted by Crippen LogP contribution is 2.32. The fourth-order valence-corrected chi connectivity index (χ4v) is 4.33. The van der Waals surface area contributed by atoms with E-state index in [1.165, 1.54) is 22.3 Å². The molecule has 0 bridgehead atoms. The molecule has 0 radical (unpaired) electrons. The topological polar surface area (TPSA) is 82.8 Å². The molecule has 29 heavy (non-hydrogen) atoms. The fraction of sp³-hybridized carbons (Fsp3) is 0.300. The van der Waals surface area contributed by atoms with Gasteiger partial charge < -0.3 is 9.80 Å². The maximum atomic E-state index is 13.0. The zero-order valence-corrected chi connectivity index (χ0v) is 17.1. The van der Waals surface area contributed by atoms with E-state index in [-0.39, 0.29) is 17.2 Å². The molecule has 1 aliphatic heterocycles. The molecule has 4 rings (SSSR count). The summed E-state index contributed by atoms with van der Waals surface area (Å²) in [5.41, 5.74) is 1.61. The number of amides is 1. The Labute approximate surface area is 172 Å². The lowest BCUT2D eigenvalue weighted by Crippen LogP contribution is -2.44. The van der Waals surface area contributed by atoms with Crippen molar-refractivity contribution >= 4 is 44.0 Å². The minimum atomic E-state index is -0.415. The minimum absolute atomic E-state index is 0.0434. The van der Waals surface area contributed by atoms with Gasteiger partial charge >= 0.3 is 0 Å². The van der Waals surface area contributed by atoms with E-state index in [1.807, 2.05) is 36.2 Å². The van der Waals surface area contributed by atoms with Crippen molar-refractivity contribution in [1.82, 2.24) is 9.88 Å². The maximum absolute atomic E-state index is 13.0. The first-order valence-corrected chi connectivity index (χ1v) is 10.1. The van der Waals surface area contributed by atoms with E-state index in [0.717, 1.165) is 36.4 Å². The molecule has 0 unspecified atom stereocenters. The summed E-state index contributed by atoms with van der Waals surface area (Å²) in [6.07, 6.45) is 0. The van der Waals surface area contributed by atoms with Gasteiger partial charge in [0, 0.05) is 44.9 Å². The molecule has 0 atom stereocenters. The van der Waals surface area contributed by atoms with Gasteiger partial charge in [-0.1, -0.05) is 23.5 Å². The average Bonchev–Trinajstić information content (AvgIpc) is 3.17. The smallest absolute Gasteiger partial charge is 0.293 e. The Morgan fingerprint density at radius 1 is 1.17 bits per heavy atom. The van der Waals surface area contributed by atoms with Crippen molar-refractivity contribution in [3.05, 3.63) is 58.1 Å². The van der Waals surface area contributed by atoms with Gasteiger partial charge in [0.1, 0.15) is 5.69 Å². The van der Waals surface area contributed by atoms with E-state index < -0.39 is 4.92 Å². The first-order chi connectivity index (χ1) is 13.9. The highest BCUT2D eigenvalue weighted by Gasteiger charge is 2.26. The number of carbonyl (C=O) groups excluding carboxylic acids is 1. The molecular formula is C20H21N5O3S. The van der Waals surface area contributed by atoms with Gasteiger partial charge in [0.15, 0.2) is 5.13 Å². The van der Waals surface area contributed by atoms with Crippen LogP contribution in [0.25, 0.3) is 10.2 Å². The Balaban J connectivity index is 1.62. The summed E-state index contributed by atoms with van der Waals surface area (Å²) in [5.74, 6) is -0.322. The zero-order valence-electron chi connectivity index (χ0n) is 16.2. The summed E-state index contributed by atoms with van der Waals surface area (Å²) in [6, 6.07) is 12.4. The van der Waals surface area contributed by atoms with Crippen molar-refractivity contribution < 1.29 is 9.72 Å². The highest BCUT2D eigenvalue weighted by atomic mass is 32.1. The Morgan fingerprint density at radius 3 is 2.59 bits per heavy atom. The molecular weight excluding hydrogens is 390 g/mol. The van der Waals surface area contributed by atoms with Crippen LogP contribution in [0.3, 0.4) is 0 Å². The SMILES string of the molecule is CN1CCN(c2ccc(C(=O)N(C)c3nc4ccccc4s3)cc2[N+](=O)[O-])CC1. The van der Waals surface area contributed by atoms with Crippen LogP contribution in [-0.4, -0.2) is 61.0 Å². The van der Waals surface area contributed by atoms with Crippen molar-refractivity contribution in [3.8, 4) is 0 Å². The van der Waals surface area contributed by atoms with Crippen molar-refractivity contribution in [2.24, 2.45) is 0 Å². The van der Waals surface area contributed by atoms with E-state index in [0.29, 0.717) is 10.8 Å². The second kappa shape index (κ2) is 7.76. The normalized spacial score (nSPS) is 14.9. The standard InChI is InChI=1S/C20H21N5O3S/c1-22-9-11-24(12-10-22)16-8-7-14(13-17(16)25(27)28)19(26)23(2)20-21-15-5-3-4-6-18(15)29-20/h3-8,13H,9-12H2,1-2H3. The number of hydrogen-bond acceptors (Lipinski definition) is 7. The first kappa shape index (κ1) is 19.3. The van der Waals surface area contributed by atoms with Crippen molar-refractivity contribution in [3.63, 3.8) is 0 Å². The van der Waals surface area contributed by atoms with E-state index in [9.17, 15) is 14.9 Å². The summed E-state index contributed by atoms with van der Waals surface area (Å²) in [6.45, 7) is 3.13. The number of para-hydroxylation sites is 1. The van der Waals surface area contributed by atoms with Crippen molar-refractivity contribution in [2.45, 2.75) is 0 Å². The number of aromatic nitrogens is 1. The Hall–Kier alpha value is -3.04. The number of nitrogens with zero attached hydrogens (tertiary/aromatic N) is 5. The van der Waals surface area contributed by atoms with Crippen LogP contribution in [0.15, 0.2) is 42.5 Å². The molecule has 0 saturated carbocycles. The number of nitro benzene ring substituents is 1. The number of nitro groups is 1. The molecule has 150 valence electrons. The summed E-state index contributed by atoms with van der Waals surface area (Å²) in [7, 11) is 3.67. The molecule has 2 heterocycles. The molecule has 0 N–H and O–H groups in total. The number of benzene rings is 2. The predicted octanol–water partition coefficient (Wildman–Crippen LogP) is 3.23. The number of carbonyl (C=O) groups is 1. The van der Waals surface area contributed by atoms with Gasteiger partial charge in [-0.25, -0.2) is 4.98 Å². The molecule has 9 heteroatoms. The molecule has 8 nitrogen and oxygen atoms in total. The van der Waals surface area contributed by atoms with Crippen LogP contribution >= 0.6 is 11.3 Å². The lowest BCUT2D eigenvalue weighted by molar-refractivity contribution is -0.384. The average molecular weight is 411 g/mol. The van der Waals surface area contributed by atoms with E-state index in [2.05, 4.69) is 9.88 Å². The number of thiazole rings is 1. The van der Waals surface area contributed by atoms with Crippen LogP contribution in [-0.2, 0) is 0 Å². The number of anilines is 2. The maximum Gasteiger partial charge on any atom is 0.293 e. The lowest BCUT2D eigenvalue weighted by Gasteiger charge is -2.33. The fourth-order valence-electron chi connectivity index (χ4n) is 3.40. The third-order valence-corrected chi connectivity index (χ3v) is 6.25. The summed E-state index contributed by atoms with van der Waals surface area (Å²) in [4.78, 5) is 34.4. The first-order valence-electron chi connectivity index (χ1n) is 9.29. The van der Waals surface area contributed by atoms with E-state index in [1.54, 1.807) is 19.2 Å². The van der Waals surface area contributed by atoms with Crippen LogP contribution < -0.4 is 9.80 Å². The molecule has 0 aliphatic carbocycles. The largest absolute Gasteiger partial charge is 0.363 e. The number of piperazine rings is 1. The molecule has 1 amide bonds. The molecule has 1 aromatic heterocycles. The van der Waals surface area contributed by atoms with Crippen LogP contribution in [0, 0.1) is 10.1 Å². The van der Waals surface area contributed by atoms with Gasteiger partial charge in [-0.2, -0.15) is 0 Å². The molecule has 1 aliphatic rings. The molecule has 0 spiro atoms. The van der Waals surface area contributed by atoms with Gasteiger partial charge in [0.2, 0.25) is 0 Å². The van der Waals surface area contributed by atoms with Crippen LogP contribution in [0.2, 0.25) is 0 Å². The van der Waals surface area contributed by atoms with Crippen LogP contribution in [0.1, 0.15) is 10.4 Å². The van der Waals surface area contributed by atoms with Gasteiger partial charge in [-0.3, -0.25) is 19.8 Å². The Morgan fingerprint density at radius 2 is 1.90 bits per heavy atom. The summed E-state index contributed by atoms with van der Waals surface area (Å²) < 4.78 is 0.985. The minimum Gasteiger partial charge on any atom is -0.363 e. The summed E-state index contributed by atoms with van der Waals surface area (Å²) in [5, 5.41) is 12.3. The van der Waals surface area contributed by atoms with Crippen LogP contribution in [0.4, 0.5) is 16.5 Å². The van der Waals surface area contributed by atoms with Gasteiger partial charge in [-0.05, 0) is 31.3 Å². The quantitative estimate of drug-likeness (QED) is 0.484. The third kappa shape index (κ3) is 3.79. The number of hydrogen-bond donors (Lipinski definition) is 0. The highest BCUT2D eigenvalue weighted by molar-refractivity contribution is 7.22. The molecule has 2 aromatic carbocycles. The Kier molecular flexibility index (Phi) is 5.16. The Bertz CT molecular complexity index is 1040. The number of likely N-dealkylation sites (N-methyl/N-ethyl adjacent to an activating group) is 1. The third-order valence-electron chi connectivity index (χ3n) is 5.14. The van der Waals surface area contributed by atoms with E-state index in [4.69, 9.17) is 0 Å². The summed E-state index contributed by atoms with van der Waals surface area (Å²) >= 11 is 1.41. The van der Waals surface area contributed by atoms with Gasteiger partial charge in [0.25, 0.3) is 11.6 Å². The number of fused-ring (bicyclic) bond motifs is 1. The van der Waals surface area contributed by atoms with Gasteiger partial charge in [0.05, 0.1) is 15.1 Å². The van der Waals surface area contributed by atoms with Crippen LogP contribution in [0.5, 0.6) is 0 Å². The predicted molar refractivity (Wildman–Crippen MR) is 115 cm³/mol. The zero-order chi connectivity index (χ0) is 20.5. The lowest BCUT2D eigenvalue weighted by atomic mass is 10.1.